The number of nitrogens with one attached hydrogen (secondary N) is 1. The maximum atomic E-state index is 12.1. The number of aryl methyl sites for hydroxylation is 1. The lowest BCUT2D eigenvalue weighted by Crippen LogP contribution is -2.17. The quantitative estimate of drug-likeness (QED) is 0.883. The molecule has 0 spiro atoms. The first-order chi connectivity index (χ1) is 10.8. The van der Waals surface area contributed by atoms with Crippen LogP contribution in [-0.2, 0) is 12.8 Å². The number of amides is 1. The van der Waals surface area contributed by atoms with Crippen molar-refractivity contribution in [1.29, 1.82) is 0 Å². The van der Waals surface area contributed by atoms with Crippen LogP contribution in [0.5, 0.6) is 5.75 Å². The van der Waals surface area contributed by atoms with E-state index in [0.29, 0.717) is 16.3 Å². The Hall–Kier alpha value is -2.22. The molecule has 0 aliphatic heterocycles. The van der Waals surface area contributed by atoms with Crippen molar-refractivity contribution in [3.8, 4) is 5.75 Å². The summed E-state index contributed by atoms with van der Waals surface area (Å²) in [6, 6.07) is 5.33. The minimum Gasteiger partial charge on any atom is -0.406 e. The third-order valence-corrected chi connectivity index (χ3v) is 4.72. The number of alkyl halides is 3. The predicted molar refractivity (Wildman–Crippen MR) is 81.3 cm³/mol. The first-order valence-corrected chi connectivity index (χ1v) is 7.72. The number of benzene rings is 1. The molecule has 1 aromatic heterocycles. The molecular weight excluding hydrogens is 329 g/mol. The fraction of sp³-hybridized carbons (Fsp3) is 0.267. The van der Waals surface area contributed by atoms with Gasteiger partial charge in [-0.1, -0.05) is 0 Å². The summed E-state index contributed by atoms with van der Waals surface area (Å²) in [5.74, 6) is -0.796. The highest BCUT2D eigenvalue weighted by Crippen LogP contribution is 2.40. The van der Waals surface area contributed by atoms with Crippen LogP contribution in [0, 0.1) is 0 Å². The van der Waals surface area contributed by atoms with Crippen LogP contribution in [0.4, 0.5) is 23.9 Å². The average molecular weight is 342 g/mol. The second kappa shape index (κ2) is 5.77. The molecule has 0 bridgehead atoms. The molecule has 1 aliphatic carbocycles. The van der Waals surface area contributed by atoms with Crippen LogP contribution in [0.1, 0.15) is 27.2 Å². The van der Waals surface area contributed by atoms with Crippen molar-refractivity contribution in [2.24, 2.45) is 5.73 Å². The number of rotatable bonds is 4. The van der Waals surface area contributed by atoms with Gasteiger partial charge in [-0.25, -0.2) is 0 Å². The summed E-state index contributed by atoms with van der Waals surface area (Å²) in [5.41, 5.74) is 7.49. The van der Waals surface area contributed by atoms with E-state index >= 15 is 0 Å². The molecule has 23 heavy (non-hydrogen) atoms. The largest absolute Gasteiger partial charge is 0.573 e. The van der Waals surface area contributed by atoms with E-state index in [9.17, 15) is 18.0 Å². The van der Waals surface area contributed by atoms with Crippen molar-refractivity contribution in [2.45, 2.75) is 25.6 Å². The standard InChI is InChI=1S/C15H13F3N2O2S/c16-15(17,18)22-9-6-4-8(5-7-9)20-14-12(13(19)21)10-2-1-3-11(10)23-14/h4-7,20H,1-3H2,(H2,19,21). The van der Waals surface area contributed by atoms with Gasteiger partial charge in [0.25, 0.3) is 5.91 Å². The summed E-state index contributed by atoms with van der Waals surface area (Å²) in [7, 11) is 0. The summed E-state index contributed by atoms with van der Waals surface area (Å²) >= 11 is 1.46. The Bertz CT molecular complexity index is 738. The lowest BCUT2D eigenvalue weighted by Gasteiger charge is -2.10. The molecular formula is C15H13F3N2O2S. The van der Waals surface area contributed by atoms with Gasteiger partial charge in [-0.3, -0.25) is 4.79 Å². The molecule has 0 saturated carbocycles. The number of carbonyl (C=O) groups excluding carboxylic acids is 1. The summed E-state index contributed by atoms with van der Waals surface area (Å²) < 4.78 is 40.2. The summed E-state index contributed by atoms with van der Waals surface area (Å²) in [4.78, 5) is 12.8. The number of hydrogen-bond acceptors (Lipinski definition) is 4. The van der Waals surface area contributed by atoms with Crippen molar-refractivity contribution in [3.63, 3.8) is 0 Å². The SMILES string of the molecule is NC(=O)c1c(Nc2ccc(OC(F)(F)F)cc2)sc2c1CCC2. The molecule has 1 heterocycles. The van der Waals surface area contributed by atoms with Gasteiger partial charge in [0.15, 0.2) is 0 Å². The van der Waals surface area contributed by atoms with Gasteiger partial charge in [0.2, 0.25) is 0 Å². The third kappa shape index (κ3) is 3.42. The Kier molecular flexibility index (Phi) is 3.93. The molecule has 3 rings (SSSR count). The number of nitrogens with two attached hydrogens (primary N) is 1. The van der Waals surface area contributed by atoms with Crippen LogP contribution in [0.2, 0.25) is 0 Å². The fourth-order valence-electron chi connectivity index (χ4n) is 2.62. The predicted octanol–water partition coefficient (Wildman–Crippen LogP) is 3.98. The molecule has 1 amide bonds. The van der Waals surface area contributed by atoms with E-state index in [-0.39, 0.29) is 5.75 Å². The number of anilines is 2. The molecule has 122 valence electrons. The highest BCUT2D eigenvalue weighted by atomic mass is 32.1. The van der Waals surface area contributed by atoms with E-state index in [2.05, 4.69) is 10.1 Å². The highest BCUT2D eigenvalue weighted by molar-refractivity contribution is 7.16. The van der Waals surface area contributed by atoms with Crippen LogP contribution in [-0.4, -0.2) is 12.3 Å². The summed E-state index contributed by atoms with van der Waals surface area (Å²) in [6.07, 6.45) is -1.97. The Morgan fingerprint density at radius 2 is 1.91 bits per heavy atom. The van der Waals surface area contributed by atoms with E-state index < -0.39 is 12.3 Å². The van der Waals surface area contributed by atoms with Crippen LogP contribution in [0.25, 0.3) is 0 Å². The number of fused-ring (bicyclic) bond motifs is 1. The topological polar surface area (TPSA) is 64.4 Å². The lowest BCUT2D eigenvalue weighted by atomic mass is 10.1. The molecule has 0 radical (unpaired) electrons. The van der Waals surface area contributed by atoms with E-state index in [1.807, 2.05) is 0 Å². The number of primary amides is 1. The Morgan fingerprint density at radius 1 is 1.22 bits per heavy atom. The molecule has 2 aromatic rings. The third-order valence-electron chi connectivity index (χ3n) is 3.51. The van der Waals surface area contributed by atoms with Gasteiger partial charge < -0.3 is 15.8 Å². The highest BCUT2D eigenvalue weighted by Gasteiger charge is 2.31. The zero-order chi connectivity index (χ0) is 16.6. The average Bonchev–Trinajstić information content (AvgIpc) is 2.99. The van der Waals surface area contributed by atoms with E-state index in [0.717, 1.165) is 29.7 Å². The van der Waals surface area contributed by atoms with Gasteiger partial charge >= 0.3 is 6.36 Å². The van der Waals surface area contributed by atoms with Crippen molar-refractivity contribution in [1.82, 2.24) is 0 Å². The van der Waals surface area contributed by atoms with E-state index in [1.165, 1.54) is 35.6 Å². The molecule has 1 aromatic carbocycles. The Labute approximate surface area is 134 Å². The second-order valence-electron chi connectivity index (χ2n) is 5.12. The van der Waals surface area contributed by atoms with Crippen LogP contribution < -0.4 is 15.8 Å². The molecule has 4 nitrogen and oxygen atoms in total. The molecule has 0 atom stereocenters. The summed E-state index contributed by atoms with van der Waals surface area (Å²) in [5, 5.41) is 3.69. The maximum Gasteiger partial charge on any atom is 0.573 e. The van der Waals surface area contributed by atoms with Gasteiger partial charge in [-0.2, -0.15) is 0 Å². The van der Waals surface area contributed by atoms with Crippen LogP contribution in [0.15, 0.2) is 24.3 Å². The zero-order valence-electron chi connectivity index (χ0n) is 11.9. The summed E-state index contributed by atoms with van der Waals surface area (Å²) in [6.45, 7) is 0. The molecule has 1 aliphatic rings. The number of carbonyl (C=O) groups is 1. The lowest BCUT2D eigenvalue weighted by molar-refractivity contribution is -0.274. The molecule has 3 N–H and O–H groups in total. The number of thiophene rings is 1. The van der Waals surface area contributed by atoms with Gasteiger partial charge in [0.1, 0.15) is 10.8 Å². The van der Waals surface area contributed by atoms with Crippen LogP contribution >= 0.6 is 11.3 Å². The smallest absolute Gasteiger partial charge is 0.406 e. The van der Waals surface area contributed by atoms with Crippen molar-refractivity contribution >= 4 is 27.9 Å². The van der Waals surface area contributed by atoms with Gasteiger partial charge in [0.05, 0.1) is 5.56 Å². The number of hydrogen-bond donors (Lipinski definition) is 2. The molecule has 0 saturated heterocycles. The van der Waals surface area contributed by atoms with E-state index in [1.54, 1.807) is 0 Å². The fourth-order valence-corrected chi connectivity index (χ4v) is 3.94. The second-order valence-corrected chi connectivity index (χ2v) is 6.23. The maximum absolute atomic E-state index is 12.1. The monoisotopic (exact) mass is 342 g/mol. The van der Waals surface area contributed by atoms with Gasteiger partial charge in [0, 0.05) is 10.6 Å². The Morgan fingerprint density at radius 3 is 2.52 bits per heavy atom. The number of halogens is 3. The first-order valence-electron chi connectivity index (χ1n) is 6.90. The number of ether oxygens (including phenoxy) is 1. The van der Waals surface area contributed by atoms with E-state index in [4.69, 9.17) is 5.73 Å². The normalized spacial score (nSPS) is 13.7. The first kappa shape index (κ1) is 15.7. The molecule has 0 unspecified atom stereocenters. The Balaban J connectivity index is 1.81. The van der Waals surface area contributed by atoms with Gasteiger partial charge in [-0.05, 0) is 49.1 Å². The van der Waals surface area contributed by atoms with Crippen molar-refractivity contribution < 1.29 is 22.7 Å². The minimum atomic E-state index is -4.72. The zero-order valence-corrected chi connectivity index (χ0v) is 12.7. The van der Waals surface area contributed by atoms with Crippen molar-refractivity contribution in [3.05, 3.63) is 40.3 Å². The van der Waals surface area contributed by atoms with Crippen molar-refractivity contribution in [2.75, 3.05) is 5.32 Å². The van der Waals surface area contributed by atoms with Crippen LogP contribution in [0.3, 0.4) is 0 Å². The van der Waals surface area contributed by atoms with Gasteiger partial charge in [-0.15, -0.1) is 24.5 Å². The molecule has 0 fully saturated rings. The minimum absolute atomic E-state index is 0.299. The molecule has 8 heteroatoms.